The van der Waals surface area contributed by atoms with Crippen molar-refractivity contribution in [1.82, 2.24) is 0 Å². The van der Waals surface area contributed by atoms with Crippen molar-refractivity contribution in [2.24, 2.45) is 0 Å². The molecule has 80 valence electrons. The Kier molecular flexibility index (Phi) is 2.38. The second-order valence-electron chi connectivity index (χ2n) is 3.31. The molecule has 1 fully saturated rings. The third kappa shape index (κ3) is 1.82. The van der Waals surface area contributed by atoms with E-state index in [-0.39, 0.29) is 12.0 Å². The molecular formula is C10H7F3O2. The third-order valence-corrected chi connectivity index (χ3v) is 2.27. The molecule has 1 atom stereocenters. The Morgan fingerprint density at radius 2 is 1.80 bits per heavy atom. The first-order valence-electron chi connectivity index (χ1n) is 4.42. The van der Waals surface area contributed by atoms with Gasteiger partial charge < -0.3 is 4.74 Å². The molecule has 0 bridgehead atoms. The summed E-state index contributed by atoms with van der Waals surface area (Å²) in [5.41, 5.74) is -0.111. The Bertz CT molecular complexity index is 417. The standard InChI is InChI=1S/C10H7F3O2/c11-6-4-8(13)7(12)3-5(6)9-1-2-10(14)15-9/h3-4,9H,1-2H2. The maximum Gasteiger partial charge on any atom is 0.306 e. The van der Waals surface area contributed by atoms with Crippen LogP contribution < -0.4 is 0 Å². The van der Waals surface area contributed by atoms with Gasteiger partial charge in [-0.05, 0) is 12.5 Å². The number of rotatable bonds is 1. The van der Waals surface area contributed by atoms with Gasteiger partial charge in [-0.3, -0.25) is 4.79 Å². The normalized spacial score (nSPS) is 20.5. The zero-order valence-electron chi connectivity index (χ0n) is 7.60. The van der Waals surface area contributed by atoms with Crippen molar-refractivity contribution >= 4 is 5.97 Å². The Hall–Kier alpha value is -1.52. The van der Waals surface area contributed by atoms with E-state index in [0.717, 1.165) is 6.07 Å². The Labute approximate surface area is 83.7 Å². The van der Waals surface area contributed by atoms with Crippen molar-refractivity contribution in [2.45, 2.75) is 18.9 Å². The van der Waals surface area contributed by atoms with Crippen LogP contribution in [0.1, 0.15) is 24.5 Å². The zero-order valence-corrected chi connectivity index (χ0v) is 7.60. The van der Waals surface area contributed by atoms with Crippen LogP contribution in [0.4, 0.5) is 13.2 Å². The number of carbonyl (C=O) groups is 1. The highest BCUT2D eigenvalue weighted by molar-refractivity contribution is 5.71. The van der Waals surface area contributed by atoms with Crippen LogP contribution >= 0.6 is 0 Å². The fourth-order valence-corrected chi connectivity index (χ4v) is 1.53. The Morgan fingerprint density at radius 1 is 1.13 bits per heavy atom. The van der Waals surface area contributed by atoms with E-state index in [1.807, 2.05) is 0 Å². The summed E-state index contributed by atoms with van der Waals surface area (Å²) in [6, 6.07) is 1.19. The number of benzene rings is 1. The average Bonchev–Trinajstić information content (AvgIpc) is 2.58. The smallest absolute Gasteiger partial charge is 0.306 e. The number of hydrogen-bond acceptors (Lipinski definition) is 2. The number of ether oxygens (including phenoxy) is 1. The molecule has 0 N–H and O–H groups in total. The minimum atomic E-state index is -1.25. The molecule has 15 heavy (non-hydrogen) atoms. The highest BCUT2D eigenvalue weighted by atomic mass is 19.2. The summed E-state index contributed by atoms with van der Waals surface area (Å²) in [6.45, 7) is 0. The van der Waals surface area contributed by atoms with Gasteiger partial charge in [0.05, 0.1) is 0 Å². The molecule has 1 aliphatic heterocycles. The van der Waals surface area contributed by atoms with Crippen LogP contribution in [0, 0.1) is 17.5 Å². The molecule has 5 heteroatoms. The molecule has 2 nitrogen and oxygen atoms in total. The van der Waals surface area contributed by atoms with Gasteiger partial charge in [-0.15, -0.1) is 0 Å². The van der Waals surface area contributed by atoms with Gasteiger partial charge in [-0.1, -0.05) is 0 Å². The number of hydrogen-bond donors (Lipinski definition) is 0. The fraction of sp³-hybridized carbons (Fsp3) is 0.300. The Morgan fingerprint density at radius 3 is 2.40 bits per heavy atom. The van der Waals surface area contributed by atoms with E-state index < -0.39 is 29.5 Å². The molecule has 2 rings (SSSR count). The minimum absolute atomic E-state index is 0.111. The highest BCUT2D eigenvalue weighted by Crippen LogP contribution is 2.31. The van der Waals surface area contributed by atoms with Crippen LogP contribution in [0.3, 0.4) is 0 Å². The zero-order chi connectivity index (χ0) is 11.0. The summed E-state index contributed by atoms with van der Waals surface area (Å²) in [4.78, 5) is 10.8. The van der Waals surface area contributed by atoms with Crippen LogP contribution in [0.2, 0.25) is 0 Å². The Balaban J connectivity index is 2.36. The van der Waals surface area contributed by atoms with Crippen LogP contribution in [-0.2, 0) is 9.53 Å². The molecule has 1 unspecified atom stereocenters. The lowest BCUT2D eigenvalue weighted by molar-refractivity contribution is -0.141. The van der Waals surface area contributed by atoms with Crippen molar-refractivity contribution in [2.75, 3.05) is 0 Å². The number of esters is 1. The summed E-state index contributed by atoms with van der Waals surface area (Å²) >= 11 is 0. The molecule has 0 spiro atoms. The second kappa shape index (κ2) is 3.56. The van der Waals surface area contributed by atoms with E-state index in [1.54, 1.807) is 0 Å². The van der Waals surface area contributed by atoms with Gasteiger partial charge in [0.1, 0.15) is 11.9 Å². The van der Waals surface area contributed by atoms with Crippen LogP contribution in [-0.4, -0.2) is 5.97 Å². The van der Waals surface area contributed by atoms with Crippen molar-refractivity contribution in [3.8, 4) is 0 Å². The van der Waals surface area contributed by atoms with E-state index in [2.05, 4.69) is 0 Å². The summed E-state index contributed by atoms with van der Waals surface area (Å²) in [5, 5.41) is 0. The first kappa shape index (κ1) is 10.0. The molecule has 1 aliphatic rings. The van der Waals surface area contributed by atoms with Gasteiger partial charge in [-0.25, -0.2) is 13.2 Å². The predicted octanol–water partition coefficient (Wildman–Crippen LogP) is 2.48. The van der Waals surface area contributed by atoms with Gasteiger partial charge in [0.25, 0.3) is 0 Å². The molecule has 1 heterocycles. The van der Waals surface area contributed by atoms with Gasteiger partial charge in [-0.2, -0.15) is 0 Å². The average molecular weight is 216 g/mol. The molecule has 1 saturated heterocycles. The van der Waals surface area contributed by atoms with Gasteiger partial charge >= 0.3 is 5.97 Å². The van der Waals surface area contributed by atoms with Crippen molar-refractivity contribution < 1.29 is 22.7 Å². The van der Waals surface area contributed by atoms with Crippen LogP contribution in [0.15, 0.2) is 12.1 Å². The molecule has 0 saturated carbocycles. The second-order valence-corrected chi connectivity index (χ2v) is 3.31. The molecule has 1 aromatic carbocycles. The number of carbonyl (C=O) groups excluding carboxylic acids is 1. The van der Waals surface area contributed by atoms with Crippen LogP contribution in [0.25, 0.3) is 0 Å². The van der Waals surface area contributed by atoms with E-state index in [0.29, 0.717) is 12.5 Å². The van der Waals surface area contributed by atoms with Crippen molar-refractivity contribution in [3.63, 3.8) is 0 Å². The topological polar surface area (TPSA) is 26.3 Å². The molecule has 0 amide bonds. The predicted molar refractivity (Wildman–Crippen MR) is 44.4 cm³/mol. The van der Waals surface area contributed by atoms with Gasteiger partial charge in [0, 0.05) is 18.1 Å². The fourth-order valence-electron chi connectivity index (χ4n) is 1.53. The summed E-state index contributed by atoms with van der Waals surface area (Å²) in [7, 11) is 0. The van der Waals surface area contributed by atoms with Crippen LogP contribution in [0.5, 0.6) is 0 Å². The number of halogens is 3. The largest absolute Gasteiger partial charge is 0.457 e. The van der Waals surface area contributed by atoms with E-state index >= 15 is 0 Å². The lowest BCUT2D eigenvalue weighted by Gasteiger charge is -2.10. The molecule has 0 aromatic heterocycles. The molecular weight excluding hydrogens is 209 g/mol. The summed E-state index contributed by atoms with van der Waals surface area (Å²) in [6.07, 6.45) is -0.336. The number of cyclic esters (lactones) is 1. The van der Waals surface area contributed by atoms with Crippen molar-refractivity contribution in [1.29, 1.82) is 0 Å². The lowest BCUT2D eigenvalue weighted by atomic mass is 10.1. The van der Waals surface area contributed by atoms with Gasteiger partial charge in [0.15, 0.2) is 11.6 Å². The monoisotopic (exact) mass is 216 g/mol. The molecule has 0 aliphatic carbocycles. The van der Waals surface area contributed by atoms with Gasteiger partial charge in [0.2, 0.25) is 0 Å². The van der Waals surface area contributed by atoms with Crippen molar-refractivity contribution in [3.05, 3.63) is 35.1 Å². The first-order valence-corrected chi connectivity index (χ1v) is 4.42. The summed E-state index contributed by atoms with van der Waals surface area (Å²) < 4.78 is 43.4. The lowest BCUT2D eigenvalue weighted by Crippen LogP contribution is -2.03. The third-order valence-electron chi connectivity index (χ3n) is 2.27. The minimum Gasteiger partial charge on any atom is -0.457 e. The van der Waals surface area contributed by atoms with E-state index in [4.69, 9.17) is 4.74 Å². The molecule has 0 radical (unpaired) electrons. The van der Waals surface area contributed by atoms with E-state index in [9.17, 15) is 18.0 Å². The van der Waals surface area contributed by atoms with E-state index in [1.165, 1.54) is 0 Å². The quantitative estimate of drug-likeness (QED) is 0.532. The maximum atomic E-state index is 13.2. The summed E-state index contributed by atoms with van der Waals surface area (Å²) in [5.74, 6) is -3.74. The first-order chi connectivity index (χ1) is 7.08. The highest BCUT2D eigenvalue weighted by Gasteiger charge is 2.28. The molecule has 1 aromatic rings. The SMILES string of the molecule is O=C1CCC(c2cc(F)c(F)cc2F)O1. The maximum absolute atomic E-state index is 13.2.